The molecule has 2 saturated heterocycles. The van der Waals surface area contributed by atoms with Gasteiger partial charge in [0.2, 0.25) is 10.0 Å². The molecule has 2 fully saturated rings. The predicted molar refractivity (Wildman–Crippen MR) is 108 cm³/mol. The van der Waals surface area contributed by atoms with Crippen molar-refractivity contribution in [1.29, 1.82) is 0 Å². The number of ether oxygens (including phenoxy) is 4. The highest BCUT2D eigenvalue weighted by molar-refractivity contribution is 7.88. The molecule has 2 N–H and O–H groups in total. The summed E-state index contributed by atoms with van der Waals surface area (Å²) in [6.45, 7) is 0.293. The van der Waals surface area contributed by atoms with Gasteiger partial charge in [-0.15, -0.1) is 0 Å². The second-order valence-electron chi connectivity index (χ2n) is 7.10. The average molecular weight is 434 g/mol. The standard InChI is InChI=1S/C20H22N2O7S/c1-30(24,25)22-16-11-26-19-17(12-27-18(16)19)29-20(23)21-13-7-9-15(10-8-13)28-14-5-3-2-4-6-14/h2-10,16-19,22H,11-12H2,1H3,(H,21,23)/t16-,17-,18-,19+/m1/s1. The summed E-state index contributed by atoms with van der Waals surface area (Å²) in [5.41, 5.74) is 0.542. The van der Waals surface area contributed by atoms with E-state index in [1.54, 1.807) is 24.3 Å². The molecule has 2 aromatic rings. The maximum Gasteiger partial charge on any atom is 0.412 e. The minimum Gasteiger partial charge on any atom is -0.457 e. The Morgan fingerprint density at radius 2 is 1.63 bits per heavy atom. The van der Waals surface area contributed by atoms with E-state index in [0.29, 0.717) is 17.2 Å². The third-order valence-corrected chi connectivity index (χ3v) is 5.44. The van der Waals surface area contributed by atoms with Gasteiger partial charge < -0.3 is 18.9 Å². The second kappa shape index (κ2) is 8.60. The Bertz CT molecular complexity index is 982. The van der Waals surface area contributed by atoms with Gasteiger partial charge in [-0.25, -0.2) is 17.9 Å². The van der Waals surface area contributed by atoms with Gasteiger partial charge in [-0.2, -0.15) is 0 Å². The van der Waals surface area contributed by atoms with Gasteiger partial charge in [0.1, 0.15) is 23.7 Å². The van der Waals surface area contributed by atoms with E-state index in [1.807, 2.05) is 30.3 Å². The van der Waals surface area contributed by atoms with Crippen molar-refractivity contribution in [1.82, 2.24) is 4.72 Å². The quantitative estimate of drug-likeness (QED) is 0.716. The van der Waals surface area contributed by atoms with Gasteiger partial charge >= 0.3 is 6.09 Å². The van der Waals surface area contributed by atoms with Crippen LogP contribution in [-0.2, 0) is 24.2 Å². The van der Waals surface area contributed by atoms with Crippen molar-refractivity contribution in [3.8, 4) is 11.5 Å². The van der Waals surface area contributed by atoms with Gasteiger partial charge in [0.05, 0.1) is 25.5 Å². The van der Waals surface area contributed by atoms with Crippen molar-refractivity contribution in [3.05, 3.63) is 54.6 Å². The molecule has 4 atom stereocenters. The van der Waals surface area contributed by atoms with Crippen molar-refractivity contribution < 1.29 is 32.2 Å². The van der Waals surface area contributed by atoms with E-state index < -0.39 is 40.5 Å². The molecule has 0 saturated carbocycles. The average Bonchev–Trinajstić information content (AvgIpc) is 3.27. The Kier molecular flexibility index (Phi) is 5.91. The highest BCUT2D eigenvalue weighted by Gasteiger charge is 2.50. The van der Waals surface area contributed by atoms with E-state index in [-0.39, 0.29) is 13.2 Å². The zero-order valence-corrected chi connectivity index (χ0v) is 17.0. The molecule has 0 bridgehead atoms. The molecule has 0 aliphatic carbocycles. The second-order valence-corrected chi connectivity index (χ2v) is 8.88. The number of anilines is 1. The lowest BCUT2D eigenvalue weighted by atomic mass is 10.1. The van der Waals surface area contributed by atoms with E-state index in [2.05, 4.69) is 10.0 Å². The first kappa shape index (κ1) is 20.6. The SMILES string of the molecule is CS(=O)(=O)N[C@@H]1CO[C@@H]2[C@@H]1OC[C@H]2OC(=O)Nc1ccc(Oc2ccccc2)cc1. The Morgan fingerprint density at radius 3 is 2.33 bits per heavy atom. The number of rotatable bonds is 6. The molecular formula is C20H22N2O7S. The van der Waals surface area contributed by atoms with Gasteiger partial charge in [-0.1, -0.05) is 18.2 Å². The Morgan fingerprint density at radius 1 is 0.967 bits per heavy atom. The summed E-state index contributed by atoms with van der Waals surface area (Å²) in [6.07, 6.45) is -1.21. The fraction of sp³-hybridized carbons (Fsp3) is 0.350. The zero-order valence-electron chi connectivity index (χ0n) is 16.2. The van der Waals surface area contributed by atoms with Crippen LogP contribution in [0, 0.1) is 0 Å². The minimum absolute atomic E-state index is 0.133. The first-order chi connectivity index (χ1) is 14.4. The summed E-state index contributed by atoms with van der Waals surface area (Å²) in [7, 11) is -3.39. The normalized spacial score (nSPS) is 25.5. The third kappa shape index (κ3) is 5.08. The summed E-state index contributed by atoms with van der Waals surface area (Å²) in [5, 5.41) is 2.65. The highest BCUT2D eigenvalue weighted by atomic mass is 32.2. The van der Waals surface area contributed by atoms with Gasteiger partial charge in [-0.05, 0) is 36.4 Å². The molecule has 2 aliphatic heterocycles. The summed E-state index contributed by atoms with van der Waals surface area (Å²) < 4.78 is 47.7. The van der Waals surface area contributed by atoms with Crippen LogP contribution in [-0.4, -0.2) is 58.3 Å². The van der Waals surface area contributed by atoms with Crippen LogP contribution in [0.5, 0.6) is 11.5 Å². The molecule has 2 heterocycles. The number of para-hydroxylation sites is 1. The molecule has 0 unspecified atom stereocenters. The first-order valence-electron chi connectivity index (χ1n) is 9.38. The van der Waals surface area contributed by atoms with Gasteiger partial charge in [-0.3, -0.25) is 5.32 Å². The van der Waals surface area contributed by atoms with Crippen LogP contribution in [0.3, 0.4) is 0 Å². The fourth-order valence-corrected chi connectivity index (χ4v) is 4.21. The van der Waals surface area contributed by atoms with Crippen LogP contribution in [0.15, 0.2) is 54.6 Å². The monoisotopic (exact) mass is 434 g/mol. The van der Waals surface area contributed by atoms with E-state index in [9.17, 15) is 13.2 Å². The highest BCUT2D eigenvalue weighted by Crippen LogP contribution is 2.29. The van der Waals surface area contributed by atoms with E-state index >= 15 is 0 Å². The van der Waals surface area contributed by atoms with Crippen LogP contribution in [0.2, 0.25) is 0 Å². The van der Waals surface area contributed by atoms with Gasteiger partial charge in [0, 0.05) is 5.69 Å². The molecule has 0 spiro atoms. The van der Waals surface area contributed by atoms with E-state index in [1.165, 1.54) is 0 Å². The van der Waals surface area contributed by atoms with Crippen LogP contribution in [0.1, 0.15) is 0 Å². The molecule has 2 aliphatic rings. The molecular weight excluding hydrogens is 412 g/mol. The number of amides is 1. The maximum absolute atomic E-state index is 12.3. The number of benzene rings is 2. The Labute approximate surface area is 174 Å². The van der Waals surface area contributed by atoms with E-state index in [4.69, 9.17) is 18.9 Å². The van der Waals surface area contributed by atoms with Crippen LogP contribution >= 0.6 is 0 Å². The summed E-state index contributed by atoms with van der Waals surface area (Å²) in [6, 6.07) is 15.7. The van der Waals surface area contributed by atoms with Crippen LogP contribution in [0.4, 0.5) is 10.5 Å². The largest absolute Gasteiger partial charge is 0.457 e. The molecule has 9 nitrogen and oxygen atoms in total. The first-order valence-corrected chi connectivity index (χ1v) is 11.3. The molecule has 10 heteroatoms. The smallest absolute Gasteiger partial charge is 0.412 e. The van der Waals surface area contributed by atoms with Gasteiger partial charge in [0.15, 0.2) is 6.10 Å². The summed E-state index contributed by atoms with van der Waals surface area (Å²) in [4.78, 5) is 12.3. The van der Waals surface area contributed by atoms with E-state index in [0.717, 1.165) is 6.26 Å². The fourth-order valence-electron chi connectivity index (χ4n) is 3.46. The lowest BCUT2D eigenvalue weighted by Gasteiger charge is -2.17. The van der Waals surface area contributed by atoms with Crippen molar-refractivity contribution in [2.75, 3.05) is 24.8 Å². The molecule has 30 heavy (non-hydrogen) atoms. The van der Waals surface area contributed by atoms with Crippen molar-refractivity contribution in [3.63, 3.8) is 0 Å². The number of fused-ring (bicyclic) bond motifs is 1. The van der Waals surface area contributed by atoms with Crippen molar-refractivity contribution in [2.24, 2.45) is 0 Å². The zero-order chi connectivity index (χ0) is 21.1. The Hall–Kier alpha value is -2.66. The molecule has 1 amide bonds. The summed E-state index contributed by atoms with van der Waals surface area (Å²) in [5.74, 6) is 1.35. The third-order valence-electron chi connectivity index (χ3n) is 4.71. The van der Waals surface area contributed by atoms with Crippen LogP contribution in [0.25, 0.3) is 0 Å². The number of carbonyl (C=O) groups is 1. The van der Waals surface area contributed by atoms with Crippen LogP contribution < -0.4 is 14.8 Å². The molecule has 2 aromatic carbocycles. The Balaban J connectivity index is 1.29. The lowest BCUT2D eigenvalue weighted by Crippen LogP contribution is -2.44. The molecule has 0 aromatic heterocycles. The van der Waals surface area contributed by atoms with Crippen molar-refractivity contribution >= 4 is 21.8 Å². The molecule has 4 rings (SSSR count). The maximum atomic E-state index is 12.3. The van der Waals surface area contributed by atoms with Crippen molar-refractivity contribution in [2.45, 2.75) is 24.4 Å². The predicted octanol–water partition coefficient (Wildman–Crippen LogP) is 2.11. The molecule has 0 radical (unpaired) electrons. The minimum atomic E-state index is -3.39. The lowest BCUT2D eigenvalue weighted by molar-refractivity contribution is 0.00884. The number of nitrogens with one attached hydrogen (secondary N) is 2. The topological polar surface area (TPSA) is 112 Å². The number of carbonyl (C=O) groups excluding carboxylic acids is 1. The number of sulfonamides is 1. The number of hydrogen-bond donors (Lipinski definition) is 2. The molecule has 160 valence electrons. The van der Waals surface area contributed by atoms with Gasteiger partial charge in [0.25, 0.3) is 0 Å². The number of hydrogen-bond acceptors (Lipinski definition) is 7. The summed E-state index contributed by atoms with van der Waals surface area (Å²) >= 11 is 0.